The van der Waals surface area contributed by atoms with Crippen LogP contribution in [0.5, 0.6) is 0 Å². The molecule has 1 saturated heterocycles. The van der Waals surface area contributed by atoms with Gasteiger partial charge in [0, 0.05) is 24.0 Å². The molecular formula is C18H25N3O2S2. The van der Waals surface area contributed by atoms with E-state index in [1.807, 2.05) is 39.5 Å². The highest BCUT2D eigenvalue weighted by Crippen LogP contribution is 2.31. The normalized spacial score (nSPS) is 16.2. The zero-order chi connectivity index (χ0) is 18.3. The monoisotopic (exact) mass is 379 g/mol. The maximum Gasteiger partial charge on any atom is 0.263 e. The predicted molar refractivity (Wildman–Crippen MR) is 105 cm³/mol. The smallest absolute Gasteiger partial charge is 0.263 e. The van der Waals surface area contributed by atoms with Gasteiger partial charge >= 0.3 is 0 Å². The number of hydrogen-bond acceptors (Lipinski definition) is 5. The minimum absolute atomic E-state index is 0.000551. The fourth-order valence-electron chi connectivity index (χ4n) is 3.23. The van der Waals surface area contributed by atoms with Crippen LogP contribution in [0, 0.1) is 13.8 Å². The maximum absolute atomic E-state index is 13.1. The lowest BCUT2D eigenvalue weighted by Gasteiger charge is -2.21. The van der Waals surface area contributed by atoms with Gasteiger partial charge in [0.1, 0.15) is 4.83 Å². The van der Waals surface area contributed by atoms with E-state index in [0.29, 0.717) is 5.16 Å². The summed E-state index contributed by atoms with van der Waals surface area (Å²) in [4.78, 5) is 34.3. The van der Waals surface area contributed by atoms with Gasteiger partial charge in [-0.1, -0.05) is 11.8 Å². The lowest BCUT2D eigenvalue weighted by Crippen LogP contribution is -2.34. The summed E-state index contributed by atoms with van der Waals surface area (Å²) in [5.41, 5.74) is 1.02. The first-order valence-corrected chi connectivity index (χ1v) is 10.5. The molecule has 3 rings (SSSR count). The number of likely N-dealkylation sites (tertiary alicyclic amines) is 1. The molecule has 1 atom stereocenters. The molecule has 0 unspecified atom stereocenters. The lowest BCUT2D eigenvalue weighted by molar-refractivity contribution is -0.129. The second-order valence-electron chi connectivity index (χ2n) is 6.92. The van der Waals surface area contributed by atoms with Gasteiger partial charge in [-0.3, -0.25) is 14.2 Å². The first-order chi connectivity index (χ1) is 11.8. The minimum atomic E-state index is -0.241. The number of thioether (sulfide) groups is 1. The standard InChI is InChI=1S/C18H25N3O2S2/c1-10(2)21-17(23)14-11(3)12(4)24-15(14)19-18(21)25-13(5)16(22)20-8-6-7-9-20/h10,13H,6-9H2,1-5H3/t13-/m0/s1. The zero-order valence-corrected chi connectivity index (χ0v) is 17.1. The van der Waals surface area contributed by atoms with Crippen LogP contribution in [0.15, 0.2) is 9.95 Å². The molecule has 0 spiro atoms. The van der Waals surface area contributed by atoms with Crippen molar-refractivity contribution in [3.63, 3.8) is 0 Å². The molecule has 1 amide bonds. The van der Waals surface area contributed by atoms with Gasteiger partial charge in [-0.25, -0.2) is 4.98 Å². The van der Waals surface area contributed by atoms with Gasteiger partial charge in [0.25, 0.3) is 5.56 Å². The molecule has 7 heteroatoms. The van der Waals surface area contributed by atoms with E-state index in [4.69, 9.17) is 4.98 Å². The minimum Gasteiger partial charge on any atom is -0.342 e. The molecule has 136 valence electrons. The molecule has 0 radical (unpaired) electrons. The highest BCUT2D eigenvalue weighted by molar-refractivity contribution is 8.00. The topological polar surface area (TPSA) is 55.2 Å². The first kappa shape index (κ1) is 18.5. The Balaban J connectivity index is 2.01. The molecule has 0 aliphatic carbocycles. The van der Waals surface area contributed by atoms with Crippen molar-refractivity contribution >= 4 is 39.2 Å². The number of aryl methyl sites for hydroxylation is 2. The van der Waals surface area contributed by atoms with Gasteiger partial charge in [-0.15, -0.1) is 11.3 Å². The van der Waals surface area contributed by atoms with E-state index in [1.165, 1.54) is 11.8 Å². The number of amides is 1. The van der Waals surface area contributed by atoms with Gasteiger partial charge < -0.3 is 4.90 Å². The summed E-state index contributed by atoms with van der Waals surface area (Å²) in [5.74, 6) is 0.144. The number of thiophene rings is 1. The second-order valence-corrected chi connectivity index (χ2v) is 9.43. The number of aromatic nitrogens is 2. The number of fused-ring (bicyclic) bond motifs is 1. The maximum atomic E-state index is 13.1. The Morgan fingerprint density at radius 1 is 1.20 bits per heavy atom. The number of carbonyl (C=O) groups excluding carboxylic acids is 1. The zero-order valence-electron chi connectivity index (χ0n) is 15.5. The number of rotatable bonds is 4. The van der Waals surface area contributed by atoms with Crippen molar-refractivity contribution in [2.75, 3.05) is 13.1 Å². The van der Waals surface area contributed by atoms with Gasteiger partial charge in [0.15, 0.2) is 5.16 Å². The highest BCUT2D eigenvalue weighted by atomic mass is 32.2. The Hall–Kier alpha value is -1.34. The van der Waals surface area contributed by atoms with Crippen LogP contribution >= 0.6 is 23.1 Å². The van der Waals surface area contributed by atoms with Crippen molar-refractivity contribution in [2.45, 2.75) is 63.9 Å². The van der Waals surface area contributed by atoms with Gasteiger partial charge in [-0.05, 0) is 53.0 Å². The summed E-state index contributed by atoms with van der Waals surface area (Å²) in [6, 6.07) is 0.000551. The predicted octanol–water partition coefficient (Wildman–Crippen LogP) is 3.76. The molecule has 5 nitrogen and oxygen atoms in total. The van der Waals surface area contributed by atoms with Crippen LogP contribution in [-0.2, 0) is 4.79 Å². The molecule has 2 aromatic rings. The number of carbonyl (C=O) groups is 1. The van der Waals surface area contributed by atoms with E-state index in [1.54, 1.807) is 15.9 Å². The molecule has 0 N–H and O–H groups in total. The van der Waals surface area contributed by atoms with E-state index in [2.05, 4.69) is 0 Å². The van der Waals surface area contributed by atoms with Gasteiger partial charge in [0.2, 0.25) is 5.91 Å². The van der Waals surface area contributed by atoms with E-state index in [0.717, 1.165) is 46.6 Å². The van der Waals surface area contributed by atoms with E-state index < -0.39 is 0 Å². The van der Waals surface area contributed by atoms with Crippen molar-refractivity contribution < 1.29 is 4.79 Å². The summed E-state index contributed by atoms with van der Waals surface area (Å²) in [6.07, 6.45) is 2.16. The third-order valence-electron chi connectivity index (χ3n) is 4.77. The van der Waals surface area contributed by atoms with Crippen LogP contribution < -0.4 is 5.56 Å². The molecule has 0 bridgehead atoms. The molecule has 3 heterocycles. The Morgan fingerprint density at radius 2 is 1.84 bits per heavy atom. The molecule has 1 fully saturated rings. The van der Waals surface area contributed by atoms with Crippen molar-refractivity contribution in [1.29, 1.82) is 0 Å². The summed E-state index contributed by atoms with van der Waals surface area (Å²) in [7, 11) is 0. The van der Waals surface area contributed by atoms with E-state index in [-0.39, 0.29) is 22.8 Å². The lowest BCUT2D eigenvalue weighted by atomic mass is 10.2. The summed E-state index contributed by atoms with van der Waals surface area (Å²) in [5, 5.41) is 1.13. The summed E-state index contributed by atoms with van der Waals surface area (Å²) >= 11 is 2.96. The third kappa shape index (κ3) is 3.36. The quantitative estimate of drug-likeness (QED) is 0.599. The van der Waals surface area contributed by atoms with Gasteiger partial charge in [-0.2, -0.15) is 0 Å². The average molecular weight is 380 g/mol. The van der Waals surface area contributed by atoms with Gasteiger partial charge in [0.05, 0.1) is 10.6 Å². The first-order valence-electron chi connectivity index (χ1n) is 8.79. The fraction of sp³-hybridized carbons (Fsp3) is 0.611. The van der Waals surface area contributed by atoms with Crippen LogP contribution in [0.2, 0.25) is 0 Å². The Bertz CT molecular complexity index is 863. The van der Waals surface area contributed by atoms with E-state index >= 15 is 0 Å². The van der Waals surface area contributed by atoms with E-state index in [9.17, 15) is 9.59 Å². The van der Waals surface area contributed by atoms with Crippen molar-refractivity contribution in [1.82, 2.24) is 14.5 Å². The third-order valence-corrected chi connectivity index (χ3v) is 6.92. The summed E-state index contributed by atoms with van der Waals surface area (Å²) < 4.78 is 1.74. The van der Waals surface area contributed by atoms with Crippen LogP contribution in [0.3, 0.4) is 0 Å². The van der Waals surface area contributed by atoms with Crippen molar-refractivity contribution in [3.8, 4) is 0 Å². The summed E-state index contributed by atoms with van der Waals surface area (Å²) in [6.45, 7) is 11.6. The van der Waals surface area contributed by atoms with Crippen molar-refractivity contribution in [3.05, 3.63) is 20.8 Å². The molecule has 25 heavy (non-hydrogen) atoms. The molecular weight excluding hydrogens is 354 g/mol. The largest absolute Gasteiger partial charge is 0.342 e. The Morgan fingerprint density at radius 3 is 2.44 bits per heavy atom. The Labute approximate surface area is 156 Å². The van der Waals surface area contributed by atoms with Crippen molar-refractivity contribution in [2.24, 2.45) is 0 Å². The molecule has 0 saturated carbocycles. The average Bonchev–Trinajstić information content (AvgIpc) is 3.15. The van der Waals surface area contributed by atoms with Crippen LogP contribution in [-0.4, -0.2) is 38.7 Å². The molecule has 1 aliphatic rings. The highest BCUT2D eigenvalue weighted by Gasteiger charge is 2.27. The fourth-order valence-corrected chi connectivity index (χ4v) is 5.42. The van der Waals surface area contributed by atoms with Crippen LogP contribution in [0.4, 0.5) is 0 Å². The molecule has 0 aromatic carbocycles. The van der Waals surface area contributed by atoms with Crippen LogP contribution in [0.25, 0.3) is 10.2 Å². The number of nitrogens with zero attached hydrogens (tertiary/aromatic N) is 3. The second kappa shape index (κ2) is 7.11. The number of hydrogen-bond donors (Lipinski definition) is 0. The SMILES string of the molecule is Cc1sc2nc(S[C@@H](C)C(=O)N3CCCC3)n(C(C)C)c(=O)c2c1C. The Kier molecular flexibility index (Phi) is 5.25. The molecule has 2 aromatic heterocycles. The van der Waals surface area contributed by atoms with Crippen LogP contribution in [0.1, 0.15) is 50.1 Å². The molecule has 1 aliphatic heterocycles.